The van der Waals surface area contributed by atoms with Gasteiger partial charge in [0.05, 0.1) is 18.3 Å². The minimum Gasteiger partial charge on any atom is -0.447 e. The third-order valence-corrected chi connectivity index (χ3v) is 2.68. The number of rotatable bonds is 3. The molecule has 2 rings (SSSR count). The summed E-state index contributed by atoms with van der Waals surface area (Å²) in [7, 11) is 0. The van der Waals surface area contributed by atoms with E-state index >= 15 is 0 Å². The van der Waals surface area contributed by atoms with E-state index in [1.165, 1.54) is 6.42 Å². The molecule has 2 unspecified atom stereocenters. The van der Waals surface area contributed by atoms with Crippen LogP contribution in [0.5, 0.6) is 0 Å². The molecule has 0 spiro atoms. The summed E-state index contributed by atoms with van der Waals surface area (Å²) in [6.45, 7) is 3.09. The fourth-order valence-electron chi connectivity index (χ4n) is 1.68. The first-order chi connectivity index (χ1) is 6.81. The van der Waals surface area contributed by atoms with Crippen LogP contribution < -0.4 is 5.32 Å². The molecule has 14 heavy (non-hydrogen) atoms. The van der Waals surface area contributed by atoms with Crippen molar-refractivity contribution in [3.05, 3.63) is 17.8 Å². The number of aromatic nitrogens is 1. The van der Waals surface area contributed by atoms with Gasteiger partial charge >= 0.3 is 0 Å². The Kier molecular flexibility index (Phi) is 2.84. The van der Waals surface area contributed by atoms with E-state index in [9.17, 15) is 0 Å². The highest BCUT2D eigenvalue weighted by Gasteiger charge is 2.22. The third-order valence-electron chi connectivity index (χ3n) is 2.68. The molecule has 1 aliphatic heterocycles. The molecule has 1 fully saturated rings. The molecule has 1 aromatic heterocycles. The van der Waals surface area contributed by atoms with Crippen LogP contribution in [0, 0.1) is 0 Å². The monoisotopic (exact) mass is 196 g/mol. The van der Waals surface area contributed by atoms with Crippen LogP contribution in [0.3, 0.4) is 0 Å². The molecule has 78 valence electrons. The van der Waals surface area contributed by atoms with Gasteiger partial charge in [-0.25, -0.2) is 4.98 Å². The Balaban J connectivity index is 2.08. The molecular weight excluding hydrogens is 180 g/mol. The predicted molar refractivity (Wildman–Crippen MR) is 52.0 cm³/mol. The van der Waals surface area contributed by atoms with Gasteiger partial charge in [0.1, 0.15) is 6.26 Å². The van der Waals surface area contributed by atoms with Crippen LogP contribution >= 0.6 is 0 Å². The normalized spacial score (nSPS) is 24.0. The van der Waals surface area contributed by atoms with Crippen LogP contribution in [0.2, 0.25) is 0 Å². The Morgan fingerprint density at radius 3 is 3.29 bits per heavy atom. The number of hydrogen-bond donors (Lipinski definition) is 2. The van der Waals surface area contributed by atoms with Crippen molar-refractivity contribution in [2.45, 2.75) is 31.7 Å². The molecule has 0 aliphatic carbocycles. The van der Waals surface area contributed by atoms with E-state index in [0.29, 0.717) is 0 Å². The first-order valence-corrected chi connectivity index (χ1v) is 5.11. The van der Waals surface area contributed by atoms with Crippen molar-refractivity contribution in [1.29, 1.82) is 0 Å². The summed E-state index contributed by atoms with van der Waals surface area (Å²) in [5.41, 5.74) is 0.844. The van der Waals surface area contributed by atoms with Gasteiger partial charge in [-0.3, -0.25) is 0 Å². The van der Waals surface area contributed by atoms with Crippen LogP contribution in [0.1, 0.15) is 43.3 Å². The molecule has 1 aromatic rings. The molecule has 0 bridgehead atoms. The summed E-state index contributed by atoms with van der Waals surface area (Å²) in [5, 5.41) is 12.3. The van der Waals surface area contributed by atoms with Crippen molar-refractivity contribution >= 4 is 0 Å². The minimum atomic E-state index is 0.0638. The van der Waals surface area contributed by atoms with Crippen LogP contribution in [0.4, 0.5) is 0 Å². The van der Waals surface area contributed by atoms with Gasteiger partial charge in [-0.15, -0.1) is 0 Å². The van der Waals surface area contributed by atoms with Crippen molar-refractivity contribution in [3.63, 3.8) is 0 Å². The maximum atomic E-state index is 8.97. The minimum absolute atomic E-state index is 0.0638. The maximum Gasteiger partial charge on any atom is 0.211 e. The average molecular weight is 196 g/mol. The molecule has 0 amide bonds. The van der Waals surface area contributed by atoms with Gasteiger partial charge in [0.25, 0.3) is 0 Å². The molecule has 2 heterocycles. The van der Waals surface area contributed by atoms with E-state index in [1.54, 1.807) is 6.26 Å². The first kappa shape index (κ1) is 9.68. The summed E-state index contributed by atoms with van der Waals surface area (Å²) in [4.78, 5) is 4.37. The Morgan fingerprint density at radius 1 is 1.79 bits per heavy atom. The van der Waals surface area contributed by atoms with Gasteiger partial charge in [-0.1, -0.05) is 6.92 Å². The zero-order chi connectivity index (χ0) is 9.97. The lowest BCUT2D eigenvalue weighted by Gasteiger charge is -2.04. The van der Waals surface area contributed by atoms with Crippen molar-refractivity contribution in [1.82, 2.24) is 10.3 Å². The third kappa shape index (κ3) is 1.81. The van der Waals surface area contributed by atoms with E-state index in [-0.39, 0.29) is 18.6 Å². The van der Waals surface area contributed by atoms with Gasteiger partial charge in [0.2, 0.25) is 5.89 Å². The standard InChI is InChI=1S/C10H16N2O2/c1-7(5-13)9-6-14-10(12-9)8-3-2-4-11-8/h6-8,11,13H,2-5H2,1H3. The van der Waals surface area contributed by atoms with Crippen molar-refractivity contribution < 1.29 is 9.52 Å². The number of aliphatic hydroxyl groups is 1. The lowest BCUT2D eigenvalue weighted by molar-refractivity contribution is 0.271. The van der Waals surface area contributed by atoms with Crippen LogP contribution in [-0.2, 0) is 0 Å². The second kappa shape index (κ2) is 4.11. The predicted octanol–water partition coefficient (Wildman–Crippen LogP) is 1.19. The fraction of sp³-hybridized carbons (Fsp3) is 0.700. The number of nitrogens with zero attached hydrogens (tertiary/aromatic N) is 1. The average Bonchev–Trinajstić information content (AvgIpc) is 2.86. The van der Waals surface area contributed by atoms with Crippen molar-refractivity contribution in [2.75, 3.05) is 13.2 Å². The van der Waals surface area contributed by atoms with Gasteiger partial charge in [-0.05, 0) is 19.4 Å². The van der Waals surface area contributed by atoms with Crippen molar-refractivity contribution in [3.8, 4) is 0 Å². The number of hydrogen-bond acceptors (Lipinski definition) is 4. The van der Waals surface area contributed by atoms with E-state index in [2.05, 4.69) is 10.3 Å². The molecule has 4 nitrogen and oxygen atoms in total. The molecular formula is C10H16N2O2. The molecule has 1 saturated heterocycles. The summed E-state index contributed by atoms with van der Waals surface area (Å²) in [6.07, 6.45) is 3.92. The van der Waals surface area contributed by atoms with Crippen LogP contribution in [0.25, 0.3) is 0 Å². The molecule has 0 saturated carbocycles. The molecule has 0 aromatic carbocycles. The lowest BCUT2D eigenvalue weighted by atomic mass is 10.1. The molecule has 4 heteroatoms. The highest BCUT2D eigenvalue weighted by molar-refractivity contribution is 5.06. The number of nitrogens with one attached hydrogen (secondary N) is 1. The molecule has 0 radical (unpaired) electrons. The van der Waals surface area contributed by atoms with E-state index < -0.39 is 0 Å². The molecule has 1 aliphatic rings. The first-order valence-electron chi connectivity index (χ1n) is 5.11. The second-order valence-electron chi connectivity index (χ2n) is 3.84. The van der Waals surface area contributed by atoms with Crippen LogP contribution in [-0.4, -0.2) is 23.2 Å². The zero-order valence-electron chi connectivity index (χ0n) is 8.36. The molecule has 2 atom stereocenters. The smallest absolute Gasteiger partial charge is 0.211 e. The number of aliphatic hydroxyl groups excluding tert-OH is 1. The summed E-state index contributed by atoms with van der Waals surface area (Å²) in [6, 6.07) is 0.273. The van der Waals surface area contributed by atoms with Gasteiger partial charge in [0, 0.05) is 5.92 Å². The van der Waals surface area contributed by atoms with Crippen molar-refractivity contribution in [2.24, 2.45) is 0 Å². The fourth-order valence-corrected chi connectivity index (χ4v) is 1.68. The number of oxazole rings is 1. The lowest BCUT2D eigenvalue weighted by Crippen LogP contribution is -2.13. The Labute approximate surface area is 83.3 Å². The van der Waals surface area contributed by atoms with E-state index in [1.807, 2.05) is 6.92 Å². The second-order valence-corrected chi connectivity index (χ2v) is 3.84. The SMILES string of the molecule is CC(CO)c1coc(C2CCCN2)n1. The largest absolute Gasteiger partial charge is 0.447 e. The summed E-state index contributed by atoms with van der Waals surface area (Å²) >= 11 is 0. The molecule has 2 N–H and O–H groups in total. The Hall–Kier alpha value is -0.870. The quantitative estimate of drug-likeness (QED) is 0.762. The summed E-state index contributed by atoms with van der Waals surface area (Å²) < 4.78 is 5.39. The zero-order valence-corrected chi connectivity index (χ0v) is 8.36. The summed E-state index contributed by atoms with van der Waals surface area (Å²) in [5.74, 6) is 0.826. The van der Waals surface area contributed by atoms with E-state index in [4.69, 9.17) is 9.52 Å². The maximum absolute atomic E-state index is 8.97. The Bertz CT molecular complexity index is 292. The Morgan fingerprint density at radius 2 is 2.64 bits per heavy atom. The highest BCUT2D eigenvalue weighted by atomic mass is 16.3. The van der Waals surface area contributed by atoms with Gasteiger partial charge in [0.15, 0.2) is 0 Å². The van der Waals surface area contributed by atoms with Gasteiger partial charge < -0.3 is 14.8 Å². The highest BCUT2D eigenvalue weighted by Crippen LogP contribution is 2.24. The van der Waals surface area contributed by atoms with Gasteiger partial charge in [-0.2, -0.15) is 0 Å². The van der Waals surface area contributed by atoms with E-state index in [0.717, 1.165) is 24.6 Å². The van der Waals surface area contributed by atoms with Crippen LogP contribution in [0.15, 0.2) is 10.7 Å². The topological polar surface area (TPSA) is 58.3 Å².